The highest BCUT2D eigenvalue weighted by Crippen LogP contribution is 2.11. The van der Waals surface area contributed by atoms with Crippen molar-refractivity contribution in [2.45, 2.75) is 19.9 Å². The Balaban J connectivity index is 1.72. The summed E-state index contributed by atoms with van der Waals surface area (Å²) in [5, 5.41) is 7.88. The molecule has 1 aromatic carbocycles. The molecule has 0 fully saturated rings. The fraction of sp³-hybridized carbons (Fsp3) is 0.429. The highest BCUT2D eigenvalue weighted by Gasteiger charge is 2.07. The zero-order valence-corrected chi connectivity index (χ0v) is 11.7. The maximum absolute atomic E-state index is 12.7. The van der Waals surface area contributed by atoms with Crippen LogP contribution in [-0.4, -0.2) is 35.3 Å². The normalized spacial score (nSPS) is 11.0. The molecule has 0 aliphatic heterocycles. The molecule has 6 heteroatoms. The Kier molecular flexibility index (Phi) is 5.06. The molecular weight excluding hydrogens is 261 g/mol. The number of rotatable bonds is 7. The molecule has 20 heavy (non-hydrogen) atoms. The molecule has 1 aromatic heterocycles. The summed E-state index contributed by atoms with van der Waals surface area (Å²) < 4.78 is 23.7. The predicted octanol–water partition coefficient (Wildman–Crippen LogP) is 2.28. The Bertz CT molecular complexity index is 527. The van der Waals surface area contributed by atoms with Crippen LogP contribution >= 0.6 is 0 Å². The second kappa shape index (κ2) is 7.00. The molecule has 0 aliphatic rings. The molecule has 5 nitrogen and oxygen atoms in total. The summed E-state index contributed by atoms with van der Waals surface area (Å²) in [5.74, 6) is 1.64. The van der Waals surface area contributed by atoms with Crippen molar-refractivity contribution < 1.29 is 13.5 Å². The van der Waals surface area contributed by atoms with E-state index in [1.54, 1.807) is 12.1 Å². The summed E-state index contributed by atoms with van der Waals surface area (Å²) >= 11 is 0. The largest absolute Gasteiger partial charge is 0.492 e. The predicted molar refractivity (Wildman–Crippen MR) is 71.9 cm³/mol. The molecule has 108 valence electrons. The highest BCUT2D eigenvalue weighted by atomic mass is 19.1. The van der Waals surface area contributed by atoms with Crippen LogP contribution < -0.4 is 4.74 Å². The molecular formula is C14H18FN3O2. The summed E-state index contributed by atoms with van der Waals surface area (Å²) in [4.78, 5) is 2.02. The lowest BCUT2D eigenvalue weighted by atomic mass is 10.3. The van der Waals surface area contributed by atoms with Crippen LogP contribution in [0.5, 0.6) is 5.75 Å². The first kappa shape index (κ1) is 14.5. The van der Waals surface area contributed by atoms with Crippen molar-refractivity contribution in [3.8, 4) is 5.75 Å². The van der Waals surface area contributed by atoms with Gasteiger partial charge in [-0.25, -0.2) is 4.39 Å². The first-order valence-corrected chi connectivity index (χ1v) is 6.55. The molecule has 2 aromatic rings. The van der Waals surface area contributed by atoms with Gasteiger partial charge >= 0.3 is 0 Å². The van der Waals surface area contributed by atoms with Gasteiger partial charge in [-0.1, -0.05) is 6.92 Å². The molecule has 0 atom stereocenters. The molecule has 0 amide bonds. The molecule has 0 spiro atoms. The third kappa shape index (κ3) is 4.31. The zero-order valence-electron chi connectivity index (χ0n) is 11.7. The van der Waals surface area contributed by atoms with Crippen molar-refractivity contribution >= 4 is 0 Å². The molecule has 0 radical (unpaired) electrons. The van der Waals surface area contributed by atoms with E-state index in [9.17, 15) is 4.39 Å². The van der Waals surface area contributed by atoms with Gasteiger partial charge in [-0.2, -0.15) is 0 Å². The van der Waals surface area contributed by atoms with Gasteiger partial charge in [0.25, 0.3) is 0 Å². The van der Waals surface area contributed by atoms with Crippen LogP contribution in [0.1, 0.15) is 18.7 Å². The Morgan fingerprint density at radius 2 is 1.90 bits per heavy atom. The number of benzene rings is 1. The average Bonchev–Trinajstić information content (AvgIpc) is 2.88. The third-order valence-electron chi connectivity index (χ3n) is 2.77. The van der Waals surface area contributed by atoms with E-state index in [4.69, 9.17) is 9.15 Å². The fourth-order valence-electron chi connectivity index (χ4n) is 1.66. The highest BCUT2D eigenvalue weighted by molar-refractivity contribution is 5.21. The Labute approximate surface area is 117 Å². The van der Waals surface area contributed by atoms with Crippen molar-refractivity contribution in [2.24, 2.45) is 0 Å². The smallest absolute Gasteiger partial charge is 0.230 e. The number of hydrogen-bond acceptors (Lipinski definition) is 5. The number of halogens is 1. The molecule has 0 saturated carbocycles. The fourth-order valence-corrected chi connectivity index (χ4v) is 1.66. The van der Waals surface area contributed by atoms with Crippen LogP contribution in [0.15, 0.2) is 28.7 Å². The molecule has 0 aliphatic carbocycles. The van der Waals surface area contributed by atoms with Crippen LogP contribution in [0, 0.1) is 5.82 Å². The number of nitrogens with zero attached hydrogens (tertiary/aromatic N) is 3. The van der Waals surface area contributed by atoms with Crippen molar-refractivity contribution in [3.05, 3.63) is 41.9 Å². The zero-order chi connectivity index (χ0) is 14.4. The minimum atomic E-state index is -0.266. The number of likely N-dealkylation sites (N-methyl/N-ethyl adjacent to an activating group) is 1. The first-order valence-electron chi connectivity index (χ1n) is 6.55. The van der Waals surface area contributed by atoms with Crippen molar-refractivity contribution in [1.29, 1.82) is 0 Å². The van der Waals surface area contributed by atoms with Crippen LogP contribution in [0.25, 0.3) is 0 Å². The van der Waals surface area contributed by atoms with Crippen LogP contribution in [0.2, 0.25) is 0 Å². The molecule has 0 bridgehead atoms. The second-order valence-corrected chi connectivity index (χ2v) is 4.48. The van der Waals surface area contributed by atoms with E-state index < -0.39 is 0 Å². The van der Waals surface area contributed by atoms with Gasteiger partial charge in [-0.3, -0.25) is 4.90 Å². The monoisotopic (exact) mass is 279 g/mol. The van der Waals surface area contributed by atoms with Crippen LogP contribution in [0.4, 0.5) is 4.39 Å². The van der Waals surface area contributed by atoms with E-state index in [0.717, 1.165) is 6.42 Å². The summed E-state index contributed by atoms with van der Waals surface area (Å²) in [5.41, 5.74) is 0. The first-order chi connectivity index (χ1) is 9.67. The maximum atomic E-state index is 12.7. The summed E-state index contributed by atoms with van der Waals surface area (Å²) in [7, 11) is 1.95. The molecule has 0 saturated heterocycles. The number of aryl methyl sites for hydroxylation is 1. The number of hydrogen-bond donors (Lipinski definition) is 0. The van der Waals surface area contributed by atoms with Crippen molar-refractivity contribution in [2.75, 3.05) is 20.2 Å². The molecule has 0 unspecified atom stereocenters. The lowest BCUT2D eigenvalue weighted by Gasteiger charge is -2.14. The van der Waals surface area contributed by atoms with Crippen molar-refractivity contribution in [1.82, 2.24) is 15.1 Å². The van der Waals surface area contributed by atoms with Crippen LogP contribution in [-0.2, 0) is 13.0 Å². The lowest BCUT2D eigenvalue weighted by Crippen LogP contribution is -2.24. The van der Waals surface area contributed by atoms with Gasteiger partial charge in [0, 0.05) is 13.0 Å². The topological polar surface area (TPSA) is 51.4 Å². The van der Waals surface area contributed by atoms with Gasteiger partial charge in [-0.05, 0) is 31.3 Å². The van der Waals surface area contributed by atoms with E-state index in [2.05, 4.69) is 10.2 Å². The maximum Gasteiger partial charge on any atom is 0.230 e. The van der Waals surface area contributed by atoms with Gasteiger partial charge < -0.3 is 9.15 Å². The van der Waals surface area contributed by atoms with Gasteiger partial charge in [0.1, 0.15) is 18.2 Å². The summed E-state index contributed by atoms with van der Waals surface area (Å²) in [6.07, 6.45) is 0.740. The van der Waals surface area contributed by atoms with E-state index in [1.165, 1.54) is 12.1 Å². The van der Waals surface area contributed by atoms with Crippen molar-refractivity contribution in [3.63, 3.8) is 0 Å². The van der Waals surface area contributed by atoms with Gasteiger partial charge in [0.15, 0.2) is 0 Å². The number of aromatic nitrogens is 2. The molecule has 2 rings (SSSR count). The SMILES string of the molecule is CCc1nnc(CN(C)CCOc2ccc(F)cc2)o1. The van der Waals surface area contributed by atoms with Crippen LogP contribution in [0.3, 0.4) is 0 Å². The number of ether oxygens (including phenoxy) is 1. The minimum absolute atomic E-state index is 0.266. The van der Waals surface area contributed by atoms with E-state index in [0.29, 0.717) is 37.2 Å². The summed E-state index contributed by atoms with van der Waals surface area (Å²) in [6.45, 7) is 3.77. The Morgan fingerprint density at radius 3 is 2.55 bits per heavy atom. The lowest BCUT2D eigenvalue weighted by molar-refractivity contribution is 0.218. The average molecular weight is 279 g/mol. The minimum Gasteiger partial charge on any atom is -0.492 e. The quantitative estimate of drug-likeness (QED) is 0.778. The second-order valence-electron chi connectivity index (χ2n) is 4.48. The van der Waals surface area contributed by atoms with Gasteiger partial charge in [0.05, 0.1) is 6.54 Å². The third-order valence-corrected chi connectivity index (χ3v) is 2.77. The molecule has 1 heterocycles. The van der Waals surface area contributed by atoms with E-state index >= 15 is 0 Å². The Hall–Kier alpha value is -1.95. The van der Waals surface area contributed by atoms with Gasteiger partial charge in [0.2, 0.25) is 11.8 Å². The van der Waals surface area contributed by atoms with E-state index in [-0.39, 0.29) is 5.82 Å². The Morgan fingerprint density at radius 1 is 1.20 bits per heavy atom. The van der Waals surface area contributed by atoms with Gasteiger partial charge in [-0.15, -0.1) is 10.2 Å². The molecule has 0 N–H and O–H groups in total. The standard InChI is InChI=1S/C14H18FN3O2/c1-3-13-16-17-14(20-13)10-18(2)8-9-19-12-6-4-11(15)5-7-12/h4-7H,3,8-10H2,1-2H3. The summed E-state index contributed by atoms with van der Waals surface area (Å²) in [6, 6.07) is 5.98. The van der Waals surface area contributed by atoms with E-state index in [1.807, 2.05) is 18.9 Å².